The number of fused-ring (bicyclic) bond motifs is 1. The van der Waals surface area contributed by atoms with Crippen LogP contribution in [0.4, 0.5) is 5.82 Å². The van der Waals surface area contributed by atoms with Gasteiger partial charge < -0.3 is 4.40 Å². The lowest BCUT2D eigenvalue weighted by Crippen LogP contribution is -1.89. The van der Waals surface area contributed by atoms with Gasteiger partial charge in [-0.2, -0.15) is 5.26 Å². The van der Waals surface area contributed by atoms with E-state index < -0.39 is 0 Å². The van der Waals surface area contributed by atoms with Crippen LogP contribution in [0.3, 0.4) is 0 Å². The topological polar surface area (TPSA) is 66.0 Å². The van der Waals surface area contributed by atoms with Crippen LogP contribution in [0, 0.1) is 23.8 Å². The van der Waals surface area contributed by atoms with E-state index in [0.29, 0.717) is 11.4 Å². The van der Waals surface area contributed by atoms with Gasteiger partial charge in [0.05, 0.1) is 17.8 Å². The fourth-order valence-electron chi connectivity index (χ4n) is 2.01. The number of terminal acetylenes is 1. The third-order valence-corrected chi connectivity index (χ3v) is 2.90. The van der Waals surface area contributed by atoms with Crippen molar-refractivity contribution in [2.45, 2.75) is 0 Å². The SMILES string of the molecule is C#CNc1cn2cc(-c3cnccc3C#N)ccc2n1. The normalized spacial score (nSPS) is 9.90. The molecule has 0 saturated carbocycles. The molecule has 0 aliphatic rings. The van der Waals surface area contributed by atoms with Gasteiger partial charge in [0.25, 0.3) is 0 Å². The first-order chi connectivity index (χ1) is 9.81. The molecule has 0 spiro atoms. The van der Waals surface area contributed by atoms with Crippen LogP contribution in [0.1, 0.15) is 5.56 Å². The van der Waals surface area contributed by atoms with Crippen LogP contribution in [0.2, 0.25) is 0 Å². The Kier molecular flexibility index (Phi) is 2.80. The lowest BCUT2D eigenvalue weighted by Gasteiger charge is -2.03. The van der Waals surface area contributed by atoms with Gasteiger partial charge in [-0.3, -0.25) is 10.3 Å². The van der Waals surface area contributed by atoms with Crippen LogP contribution in [-0.2, 0) is 0 Å². The highest BCUT2D eigenvalue weighted by Crippen LogP contribution is 2.23. The zero-order valence-corrected chi connectivity index (χ0v) is 10.4. The molecular weight excluding hydrogens is 250 g/mol. The Morgan fingerprint density at radius 2 is 2.15 bits per heavy atom. The van der Waals surface area contributed by atoms with E-state index in [9.17, 15) is 0 Å². The predicted octanol–water partition coefficient (Wildman–Crippen LogP) is 2.27. The van der Waals surface area contributed by atoms with Crippen molar-refractivity contribution < 1.29 is 0 Å². The summed E-state index contributed by atoms with van der Waals surface area (Å²) in [6.07, 6.45) is 12.2. The Hall–Kier alpha value is -3.31. The van der Waals surface area contributed by atoms with Crippen molar-refractivity contribution in [3.63, 3.8) is 0 Å². The minimum absolute atomic E-state index is 0.585. The number of aromatic nitrogens is 3. The second kappa shape index (κ2) is 4.75. The molecular formula is C15H9N5. The summed E-state index contributed by atoms with van der Waals surface area (Å²) >= 11 is 0. The molecule has 3 aromatic rings. The zero-order valence-electron chi connectivity index (χ0n) is 10.4. The molecule has 0 aromatic carbocycles. The number of anilines is 1. The Bertz CT molecular complexity index is 864. The van der Waals surface area contributed by atoms with Crippen molar-refractivity contribution >= 4 is 11.5 Å². The molecule has 5 nitrogen and oxygen atoms in total. The number of hydrogen-bond acceptors (Lipinski definition) is 4. The first-order valence-electron chi connectivity index (χ1n) is 5.86. The molecule has 1 N–H and O–H groups in total. The van der Waals surface area contributed by atoms with E-state index in [-0.39, 0.29) is 0 Å². The van der Waals surface area contributed by atoms with Crippen LogP contribution >= 0.6 is 0 Å². The number of nitrogens with one attached hydrogen (secondary N) is 1. The van der Waals surface area contributed by atoms with Crippen molar-refractivity contribution in [2.75, 3.05) is 5.32 Å². The Balaban J connectivity index is 2.14. The van der Waals surface area contributed by atoms with Gasteiger partial charge in [-0.25, -0.2) is 4.98 Å². The number of hydrogen-bond donors (Lipinski definition) is 1. The quantitative estimate of drug-likeness (QED) is 0.566. The smallest absolute Gasteiger partial charge is 0.156 e. The largest absolute Gasteiger partial charge is 0.304 e. The first-order valence-corrected chi connectivity index (χ1v) is 5.86. The maximum absolute atomic E-state index is 9.14. The molecule has 3 aromatic heterocycles. The predicted molar refractivity (Wildman–Crippen MR) is 75.6 cm³/mol. The molecule has 0 radical (unpaired) electrons. The van der Waals surface area contributed by atoms with Crippen molar-refractivity contribution in [1.29, 1.82) is 5.26 Å². The van der Waals surface area contributed by atoms with E-state index in [1.165, 1.54) is 0 Å². The highest BCUT2D eigenvalue weighted by molar-refractivity contribution is 5.70. The standard InChI is InChI=1S/C15H9N5/c1-2-18-14-10-20-9-12(3-4-15(20)19-14)13-8-17-6-5-11(13)7-16/h1,3-6,8-10,18H. The lowest BCUT2D eigenvalue weighted by molar-refractivity contribution is 1.18. The molecule has 0 aliphatic heterocycles. The summed E-state index contributed by atoms with van der Waals surface area (Å²) in [7, 11) is 0. The lowest BCUT2D eigenvalue weighted by atomic mass is 10.1. The highest BCUT2D eigenvalue weighted by Gasteiger charge is 2.07. The van der Waals surface area contributed by atoms with Gasteiger partial charge in [-0.05, 0) is 18.2 Å². The summed E-state index contributed by atoms with van der Waals surface area (Å²) in [5, 5.41) is 11.8. The minimum atomic E-state index is 0.585. The van der Waals surface area contributed by atoms with Gasteiger partial charge in [0.1, 0.15) is 5.65 Å². The molecule has 20 heavy (non-hydrogen) atoms. The van der Waals surface area contributed by atoms with Crippen LogP contribution in [-0.4, -0.2) is 14.4 Å². The van der Waals surface area contributed by atoms with Gasteiger partial charge in [-0.1, -0.05) is 6.42 Å². The Labute approximate surface area is 115 Å². The third-order valence-electron chi connectivity index (χ3n) is 2.90. The van der Waals surface area contributed by atoms with Crippen molar-refractivity contribution in [3.8, 4) is 29.7 Å². The highest BCUT2D eigenvalue weighted by atomic mass is 15.1. The van der Waals surface area contributed by atoms with Crippen molar-refractivity contribution in [1.82, 2.24) is 14.4 Å². The molecule has 0 atom stereocenters. The fraction of sp³-hybridized carbons (Fsp3) is 0. The fourth-order valence-corrected chi connectivity index (χ4v) is 2.01. The van der Waals surface area contributed by atoms with Gasteiger partial charge in [0.2, 0.25) is 0 Å². The zero-order chi connectivity index (χ0) is 13.9. The Morgan fingerprint density at radius 3 is 2.95 bits per heavy atom. The monoisotopic (exact) mass is 259 g/mol. The van der Waals surface area contributed by atoms with E-state index in [4.69, 9.17) is 11.7 Å². The molecule has 3 rings (SSSR count). The summed E-state index contributed by atoms with van der Waals surface area (Å²) < 4.78 is 1.85. The molecule has 0 bridgehead atoms. The molecule has 5 heteroatoms. The second-order valence-electron chi connectivity index (χ2n) is 4.11. The number of nitriles is 1. The third kappa shape index (κ3) is 1.94. The van der Waals surface area contributed by atoms with Gasteiger partial charge in [0, 0.05) is 35.8 Å². The van der Waals surface area contributed by atoms with Crippen molar-refractivity contribution in [3.05, 3.63) is 48.5 Å². The molecule has 94 valence electrons. The van der Waals surface area contributed by atoms with Gasteiger partial charge in [0.15, 0.2) is 5.82 Å². The van der Waals surface area contributed by atoms with E-state index >= 15 is 0 Å². The summed E-state index contributed by atoms with van der Waals surface area (Å²) in [6.45, 7) is 0. The van der Waals surface area contributed by atoms with Crippen LogP contribution in [0.5, 0.6) is 0 Å². The number of imidazole rings is 1. The van der Waals surface area contributed by atoms with E-state index in [1.54, 1.807) is 24.7 Å². The average Bonchev–Trinajstić information content (AvgIpc) is 2.89. The molecule has 0 fully saturated rings. The molecule has 0 unspecified atom stereocenters. The van der Waals surface area contributed by atoms with Crippen LogP contribution < -0.4 is 5.32 Å². The summed E-state index contributed by atoms with van der Waals surface area (Å²) in [5.41, 5.74) is 3.04. The molecule has 0 saturated heterocycles. The summed E-state index contributed by atoms with van der Waals surface area (Å²) in [5.74, 6) is 0.608. The second-order valence-corrected chi connectivity index (χ2v) is 4.11. The minimum Gasteiger partial charge on any atom is -0.304 e. The van der Waals surface area contributed by atoms with E-state index in [0.717, 1.165) is 16.8 Å². The number of nitrogens with zero attached hydrogens (tertiary/aromatic N) is 4. The van der Waals surface area contributed by atoms with E-state index in [1.807, 2.05) is 22.7 Å². The first kappa shape index (κ1) is 11.8. The average molecular weight is 259 g/mol. The van der Waals surface area contributed by atoms with Gasteiger partial charge >= 0.3 is 0 Å². The maximum Gasteiger partial charge on any atom is 0.156 e. The van der Waals surface area contributed by atoms with Crippen LogP contribution in [0.25, 0.3) is 16.8 Å². The number of rotatable bonds is 2. The molecule has 0 amide bonds. The Morgan fingerprint density at radius 1 is 1.25 bits per heavy atom. The van der Waals surface area contributed by atoms with Crippen molar-refractivity contribution in [2.24, 2.45) is 0 Å². The summed E-state index contributed by atoms with van der Waals surface area (Å²) in [4.78, 5) is 8.38. The maximum atomic E-state index is 9.14. The van der Waals surface area contributed by atoms with E-state index in [2.05, 4.69) is 27.4 Å². The van der Waals surface area contributed by atoms with Gasteiger partial charge in [-0.15, -0.1) is 0 Å². The summed E-state index contributed by atoms with van der Waals surface area (Å²) in [6, 6.07) is 9.96. The van der Waals surface area contributed by atoms with Crippen LogP contribution in [0.15, 0.2) is 43.0 Å². The molecule has 0 aliphatic carbocycles. The number of pyridine rings is 2. The molecule has 3 heterocycles.